The van der Waals surface area contributed by atoms with E-state index in [2.05, 4.69) is 15.4 Å². The van der Waals surface area contributed by atoms with Gasteiger partial charge in [0.2, 0.25) is 5.95 Å². The highest BCUT2D eigenvalue weighted by molar-refractivity contribution is 5.90. The maximum absolute atomic E-state index is 11.5. The van der Waals surface area contributed by atoms with Crippen LogP contribution in [0.5, 0.6) is 0 Å². The molecule has 96 valence electrons. The molecule has 2 N–H and O–H groups in total. The van der Waals surface area contributed by atoms with E-state index in [0.717, 1.165) is 5.56 Å². The van der Waals surface area contributed by atoms with Crippen LogP contribution in [-0.4, -0.2) is 25.8 Å². The summed E-state index contributed by atoms with van der Waals surface area (Å²) in [4.78, 5) is 15.6. The van der Waals surface area contributed by atoms with Crippen LogP contribution >= 0.6 is 0 Å². The molecule has 0 saturated heterocycles. The van der Waals surface area contributed by atoms with E-state index in [9.17, 15) is 9.90 Å². The molecule has 0 aliphatic carbocycles. The number of carboxylic acids is 1. The molecule has 6 heteroatoms. The number of anilines is 1. The van der Waals surface area contributed by atoms with Crippen LogP contribution in [0.15, 0.2) is 47.9 Å². The number of aromatic nitrogens is 3. The molecule has 19 heavy (non-hydrogen) atoms. The molecule has 2 heterocycles. The van der Waals surface area contributed by atoms with Crippen LogP contribution in [0.25, 0.3) is 0 Å². The van der Waals surface area contributed by atoms with Gasteiger partial charge in [-0.1, -0.05) is 30.3 Å². The van der Waals surface area contributed by atoms with Crippen LogP contribution in [0.2, 0.25) is 0 Å². The number of carbonyl (C=O) groups is 1. The summed E-state index contributed by atoms with van der Waals surface area (Å²) in [6.07, 6.45) is 1.41. The van der Waals surface area contributed by atoms with E-state index in [1.807, 2.05) is 30.3 Å². The summed E-state index contributed by atoms with van der Waals surface area (Å²) in [5.41, 5.74) is 1.73. The number of rotatable bonds is 2. The van der Waals surface area contributed by atoms with Gasteiger partial charge in [-0.3, -0.25) is 0 Å². The van der Waals surface area contributed by atoms with Gasteiger partial charge in [0.1, 0.15) is 12.4 Å². The van der Waals surface area contributed by atoms with Crippen molar-refractivity contribution < 1.29 is 9.90 Å². The number of allylic oxidation sites excluding steroid dienone is 1. The lowest BCUT2D eigenvalue weighted by Crippen LogP contribution is -2.28. The number of aliphatic carboxylic acids is 1. The fraction of sp³-hybridized carbons (Fsp3) is 0.154. The summed E-state index contributed by atoms with van der Waals surface area (Å²) in [7, 11) is 0. The molecule has 3 rings (SSSR count). The summed E-state index contributed by atoms with van der Waals surface area (Å²) >= 11 is 0. The van der Waals surface area contributed by atoms with Crippen molar-refractivity contribution in [3.63, 3.8) is 0 Å². The van der Waals surface area contributed by atoms with Gasteiger partial charge < -0.3 is 10.4 Å². The molecule has 0 spiro atoms. The quantitative estimate of drug-likeness (QED) is 0.854. The predicted octanol–water partition coefficient (Wildman–Crippen LogP) is 1.65. The summed E-state index contributed by atoms with van der Waals surface area (Å²) in [6, 6.07) is 8.96. The van der Waals surface area contributed by atoms with E-state index in [0.29, 0.717) is 11.6 Å². The molecule has 1 aromatic carbocycles. The Morgan fingerprint density at radius 3 is 2.79 bits per heavy atom. The standard InChI is InChI=1S/C13H12N4O2/c1-8-10(12(18)19)11(9-5-3-2-4-6-9)17-13(16-8)14-7-15-17/h2-7,11H,1H3,(H,18,19)(H,14,15,16). The van der Waals surface area contributed by atoms with Crippen molar-refractivity contribution in [2.45, 2.75) is 13.0 Å². The largest absolute Gasteiger partial charge is 0.478 e. The predicted molar refractivity (Wildman–Crippen MR) is 68.6 cm³/mol. The number of hydrogen-bond acceptors (Lipinski definition) is 4. The summed E-state index contributed by atoms with van der Waals surface area (Å²) in [5, 5.41) is 16.5. The number of fused-ring (bicyclic) bond motifs is 1. The average Bonchev–Trinajstić information content (AvgIpc) is 2.85. The van der Waals surface area contributed by atoms with Crippen molar-refractivity contribution in [1.82, 2.24) is 14.8 Å². The van der Waals surface area contributed by atoms with Crippen LogP contribution in [0, 0.1) is 0 Å². The van der Waals surface area contributed by atoms with Crippen LogP contribution in [-0.2, 0) is 4.79 Å². The first-order chi connectivity index (χ1) is 9.18. The van der Waals surface area contributed by atoms with Crippen molar-refractivity contribution >= 4 is 11.9 Å². The Hall–Kier alpha value is -2.63. The van der Waals surface area contributed by atoms with Crippen molar-refractivity contribution in [2.24, 2.45) is 0 Å². The molecule has 0 saturated carbocycles. The second-order valence-corrected chi connectivity index (χ2v) is 4.31. The molecule has 1 aliphatic heterocycles. The van der Waals surface area contributed by atoms with E-state index >= 15 is 0 Å². The smallest absolute Gasteiger partial charge is 0.335 e. The van der Waals surface area contributed by atoms with Crippen LogP contribution < -0.4 is 5.32 Å². The minimum atomic E-state index is -0.958. The molecule has 2 aromatic rings. The molecule has 1 atom stereocenters. The third-order valence-corrected chi connectivity index (χ3v) is 3.14. The minimum Gasteiger partial charge on any atom is -0.478 e. The monoisotopic (exact) mass is 256 g/mol. The van der Waals surface area contributed by atoms with Crippen LogP contribution in [0.4, 0.5) is 5.95 Å². The lowest BCUT2D eigenvalue weighted by molar-refractivity contribution is -0.133. The Labute approximate surface area is 109 Å². The van der Waals surface area contributed by atoms with Gasteiger partial charge in [0, 0.05) is 5.70 Å². The van der Waals surface area contributed by atoms with E-state index in [-0.39, 0.29) is 5.57 Å². The maximum Gasteiger partial charge on any atom is 0.335 e. The zero-order valence-corrected chi connectivity index (χ0v) is 10.2. The van der Waals surface area contributed by atoms with Gasteiger partial charge in [-0.15, -0.1) is 0 Å². The first-order valence-electron chi connectivity index (χ1n) is 5.84. The van der Waals surface area contributed by atoms with E-state index in [1.165, 1.54) is 6.33 Å². The molecule has 0 amide bonds. The molecular weight excluding hydrogens is 244 g/mol. The highest BCUT2D eigenvalue weighted by atomic mass is 16.4. The topological polar surface area (TPSA) is 80.0 Å². The fourth-order valence-electron chi connectivity index (χ4n) is 2.31. The number of hydrogen-bond donors (Lipinski definition) is 2. The highest BCUT2D eigenvalue weighted by Gasteiger charge is 2.32. The molecule has 0 bridgehead atoms. The molecule has 0 radical (unpaired) electrons. The van der Waals surface area contributed by atoms with Gasteiger partial charge in [-0.2, -0.15) is 10.1 Å². The maximum atomic E-state index is 11.5. The molecule has 1 unspecified atom stereocenters. The van der Waals surface area contributed by atoms with Gasteiger partial charge in [0.25, 0.3) is 0 Å². The summed E-state index contributed by atoms with van der Waals surface area (Å²) in [6.45, 7) is 1.73. The summed E-state index contributed by atoms with van der Waals surface area (Å²) < 4.78 is 1.59. The van der Waals surface area contributed by atoms with Crippen molar-refractivity contribution in [3.8, 4) is 0 Å². The number of carboxylic acid groups (broad SMARTS) is 1. The SMILES string of the molecule is CC1=C(C(=O)O)C(c2ccccc2)n2ncnc2N1. The molecular formula is C13H12N4O2. The number of nitrogens with one attached hydrogen (secondary N) is 1. The second-order valence-electron chi connectivity index (χ2n) is 4.31. The third kappa shape index (κ3) is 1.77. The molecule has 1 aromatic heterocycles. The molecule has 0 fully saturated rings. The lowest BCUT2D eigenvalue weighted by Gasteiger charge is -2.27. The Kier molecular flexibility index (Phi) is 2.56. The van der Waals surface area contributed by atoms with Crippen molar-refractivity contribution in [1.29, 1.82) is 0 Å². The van der Waals surface area contributed by atoms with Crippen LogP contribution in [0.1, 0.15) is 18.5 Å². The Balaban J connectivity index is 2.21. The fourth-order valence-corrected chi connectivity index (χ4v) is 2.31. The van der Waals surface area contributed by atoms with Gasteiger partial charge in [0.15, 0.2) is 0 Å². The molecule has 6 nitrogen and oxygen atoms in total. The normalized spacial score (nSPS) is 17.8. The van der Waals surface area contributed by atoms with E-state index in [1.54, 1.807) is 11.6 Å². The number of benzene rings is 1. The third-order valence-electron chi connectivity index (χ3n) is 3.14. The lowest BCUT2D eigenvalue weighted by atomic mass is 9.96. The van der Waals surface area contributed by atoms with E-state index in [4.69, 9.17) is 0 Å². The van der Waals surface area contributed by atoms with Crippen molar-refractivity contribution in [3.05, 3.63) is 53.5 Å². The second kappa shape index (κ2) is 4.24. The Bertz CT molecular complexity index is 660. The first-order valence-corrected chi connectivity index (χ1v) is 5.84. The van der Waals surface area contributed by atoms with Gasteiger partial charge in [0.05, 0.1) is 5.57 Å². The number of nitrogens with zero attached hydrogens (tertiary/aromatic N) is 3. The minimum absolute atomic E-state index is 0.282. The first kappa shape index (κ1) is 11.5. The average molecular weight is 256 g/mol. The van der Waals surface area contributed by atoms with Gasteiger partial charge >= 0.3 is 5.97 Å². The van der Waals surface area contributed by atoms with Gasteiger partial charge in [-0.05, 0) is 12.5 Å². The summed E-state index contributed by atoms with van der Waals surface area (Å²) in [5.74, 6) is -0.406. The highest BCUT2D eigenvalue weighted by Crippen LogP contribution is 2.34. The zero-order chi connectivity index (χ0) is 13.4. The Morgan fingerprint density at radius 2 is 2.11 bits per heavy atom. The van der Waals surface area contributed by atoms with Gasteiger partial charge in [-0.25, -0.2) is 9.48 Å². The Morgan fingerprint density at radius 1 is 1.37 bits per heavy atom. The molecule has 1 aliphatic rings. The van der Waals surface area contributed by atoms with Crippen LogP contribution in [0.3, 0.4) is 0 Å². The van der Waals surface area contributed by atoms with Crippen molar-refractivity contribution in [2.75, 3.05) is 5.32 Å². The zero-order valence-electron chi connectivity index (χ0n) is 10.2. The van der Waals surface area contributed by atoms with E-state index < -0.39 is 12.0 Å².